The molecule has 0 saturated carbocycles. The summed E-state index contributed by atoms with van der Waals surface area (Å²) in [6.45, 7) is -7.51. The predicted octanol–water partition coefficient (Wildman–Crippen LogP) is 3.22. The molecule has 0 aromatic carbocycles. The third-order valence-electron chi connectivity index (χ3n) is 1.40. The van der Waals surface area contributed by atoms with Gasteiger partial charge in [-0.1, -0.05) is 0 Å². The van der Waals surface area contributed by atoms with Gasteiger partial charge in [-0.05, 0) is 54.0 Å². The maximum atomic E-state index is 8.45. The largest absolute Gasteiger partial charge is 0.368 e. The number of pyridine rings is 1. The molecular weight excluding hydrogens is 240 g/mol. The molecule has 1 unspecified atom stereocenters. The van der Waals surface area contributed by atoms with Crippen LogP contribution in [0.5, 0.6) is 0 Å². The van der Waals surface area contributed by atoms with Crippen molar-refractivity contribution in [3.05, 3.63) is 22.9 Å². The molecular formula is C11H15BrN2. The van der Waals surface area contributed by atoms with Crippen molar-refractivity contribution < 1.29 is 20.6 Å². The molecule has 0 radical (unpaired) electrons. The number of hydrogen-bond donors (Lipinski definition) is 0. The van der Waals surface area contributed by atoms with E-state index in [-0.39, 0.29) is 9.50 Å². The van der Waals surface area contributed by atoms with Gasteiger partial charge >= 0.3 is 0 Å². The lowest BCUT2D eigenvalue weighted by atomic mass is 10.0. The first-order valence-corrected chi connectivity index (χ1v) is 4.35. The number of rotatable bonds is 1. The Hall–Kier alpha value is -0.570. The van der Waals surface area contributed by atoms with Crippen LogP contribution in [-0.2, 0) is 0 Å². The first-order chi connectivity index (χ1) is 12.6. The van der Waals surface area contributed by atoms with Crippen LogP contribution in [0.3, 0.4) is 0 Å². The minimum absolute atomic E-state index is 0.267. The molecule has 1 aliphatic rings. The third-order valence-corrected chi connectivity index (χ3v) is 1.78. The minimum Gasteiger partial charge on any atom is -0.368 e. The lowest BCUT2D eigenvalue weighted by Crippen LogP contribution is -2.37. The van der Waals surface area contributed by atoms with Gasteiger partial charge in [-0.25, -0.2) is 4.98 Å². The highest BCUT2D eigenvalue weighted by atomic mass is 79.9. The van der Waals surface area contributed by atoms with E-state index in [1.165, 1.54) is 0 Å². The van der Waals surface area contributed by atoms with Crippen molar-refractivity contribution in [3.8, 4) is 0 Å². The smallest absolute Gasteiger partial charge is 0.106 e. The summed E-state index contributed by atoms with van der Waals surface area (Å²) in [4.78, 5) is 3.25. The summed E-state index contributed by atoms with van der Waals surface area (Å²) in [5.41, 5.74) is -1.11. The Morgan fingerprint density at radius 3 is 3.57 bits per heavy atom. The van der Waals surface area contributed by atoms with Crippen LogP contribution in [0, 0.1) is 0 Å². The Morgan fingerprint density at radius 1 is 1.79 bits per heavy atom. The molecule has 0 aliphatic carbocycles. The molecule has 1 aromatic rings. The molecule has 2 rings (SSSR count). The van der Waals surface area contributed by atoms with Gasteiger partial charge < -0.3 is 4.90 Å². The topological polar surface area (TPSA) is 16.1 Å². The van der Waals surface area contributed by atoms with Gasteiger partial charge in [0.25, 0.3) is 0 Å². The Labute approximate surface area is 115 Å². The van der Waals surface area contributed by atoms with Crippen LogP contribution in [0.4, 0.5) is 5.69 Å². The monoisotopic (exact) mass is 269 g/mol. The van der Waals surface area contributed by atoms with Gasteiger partial charge in [0.05, 0.1) is 17.3 Å². The first kappa shape index (κ1) is 2.40. The van der Waals surface area contributed by atoms with Crippen molar-refractivity contribution in [3.63, 3.8) is 0 Å². The van der Waals surface area contributed by atoms with Crippen molar-refractivity contribution >= 4 is 21.6 Å². The van der Waals surface area contributed by atoms with Crippen molar-refractivity contribution in [1.29, 1.82) is 0 Å². The van der Waals surface area contributed by atoms with Crippen molar-refractivity contribution in [1.82, 2.24) is 4.98 Å². The summed E-state index contributed by atoms with van der Waals surface area (Å²) in [6, 6.07) is -5.57. The summed E-state index contributed by atoms with van der Waals surface area (Å²) in [6.07, 6.45) is -12.4. The summed E-state index contributed by atoms with van der Waals surface area (Å²) in [5, 5.41) is 0. The quantitative estimate of drug-likeness (QED) is 0.728. The van der Waals surface area contributed by atoms with Crippen LogP contribution in [0.2, 0.25) is 0 Å². The molecule has 0 N–H and O–H groups in total. The lowest BCUT2D eigenvalue weighted by Gasteiger charge is -2.35. The van der Waals surface area contributed by atoms with Gasteiger partial charge in [0.2, 0.25) is 0 Å². The van der Waals surface area contributed by atoms with E-state index in [0.717, 1.165) is 0 Å². The second-order valence-electron chi connectivity index (χ2n) is 2.28. The van der Waals surface area contributed by atoms with E-state index in [1.807, 2.05) is 0 Å². The molecule has 0 spiro atoms. The van der Waals surface area contributed by atoms with E-state index in [1.54, 1.807) is 0 Å². The molecule has 1 aromatic heterocycles. The minimum atomic E-state index is -3.87. The van der Waals surface area contributed by atoms with E-state index in [4.69, 9.17) is 20.6 Å². The van der Waals surface area contributed by atoms with E-state index >= 15 is 0 Å². The van der Waals surface area contributed by atoms with Crippen molar-refractivity contribution in [2.24, 2.45) is 0 Å². The fraction of sp³-hybridized carbons (Fsp3) is 0.545. The molecule has 0 amide bonds. The average molecular weight is 270 g/mol. The molecule has 0 bridgehead atoms. The molecule has 14 heavy (non-hydrogen) atoms. The number of anilines is 1. The zero-order valence-corrected chi connectivity index (χ0v) is 8.36. The van der Waals surface area contributed by atoms with E-state index in [2.05, 4.69) is 20.9 Å². The summed E-state index contributed by atoms with van der Waals surface area (Å²) >= 11 is 2.80. The Bertz CT molecular complexity index is 850. The van der Waals surface area contributed by atoms with Crippen LogP contribution >= 0.6 is 15.9 Å². The van der Waals surface area contributed by atoms with Gasteiger partial charge in [-0.15, -0.1) is 0 Å². The third kappa shape index (κ3) is 2.08. The average Bonchev–Trinajstić information content (AvgIpc) is 2.53. The summed E-state index contributed by atoms with van der Waals surface area (Å²) in [5.74, 6) is 0. The highest BCUT2D eigenvalue weighted by Gasteiger charge is 2.18. The van der Waals surface area contributed by atoms with E-state index in [9.17, 15) is 0 Å². The molecule has 1 fully saturated rings. The SMILES string of the molecule is [2H]c1nc(Br)c([2H])c([2H])c1N1C([2H])([2H])C([2H])([2H])C([2H])([2H])C([2H])([2H])C1([2H])C([2H])([2H])[2H]. The molecule has 76 valence electrons. The molecule has 1 saturated heterocycles. The van der Waals surface area contributed by atoms with Gasteiger partial charge in [-0.2, -0.15) is 0 Å². The summed E-state index contributed by atoms with van der Waals surface area (Å²) in [7, 11) is 0. The Balaban J connectivity index is 3.12. The molecule has 1 aliphatic heterocycles. The second-order valence-corrected chi connectivity index (χ2v) is 3.03. The van der Waals surface area contributed by atoms with Crippen LogP contribution in [-0.4, -0.2) is 17.5 Å². The normalized spacial score (nSPS) is 58.6. The number of hydrogen-bond acceptors (Lipinski definition) is 2. The fourth-order valence-corrected chi connectivity index (χ4v) is 1.02. The number of aromatic nitrogens is 1. The number of halogens is 1. The zero-order chi connectivity index (χ0) is 23.2. The Kier molecular flexibility index (Phi) is 0.736. The Morgan fingerprint density at radius 2 is 2.71 bits per heavy atom. The highest BCUT2D eigenvalue weighted by molar-refractivity contribution is 9.10. The van der Waals surface area contributed by atoms with Crippen molar-refractivity contribution in [2.75, 3.05) is 11.4 Å². The van der Waals surface area contributed by atoms with Gasteiger partial charge in [0.1, 0.15) is 4.60 Å². The standard InChI is InChI=1S/C11H15BrN2/c1-9-4-2-3-7-14(9)10-5-6-11(12)13-8-10/h5-6,8-9H,2-4,7H2,1H3/i1D3,2D2,3D2,4D2,5D,6D,7D2,8D,9D. The predicted molar refractivity (Wildman–Crippen MR) is 62.6 cm³/mol. The second kappa shape index (κ2) is 4.30. The van der Waals surface area contributed by atoms with E-state index in [0.29, 0.717) is 0 Å². The first-order valence-electron chi connectivity index (χ1n) is 11.1. The zero-order valence-electron chi connectivity index (χ0n) is 21.8. The van der Waals surface area contributed by atoms with Gasteiger partial charge in [0.15, 0.2) is 0 Å². The van der Waals surface area contributed by atoms with Crippen LogP contribution in [0.1, 0.15) is 46.5 Å². The van der Waals surface area contributed by atoms with Gasteiger partial charge in [-0.3, -0.25) is 0 Å². The maximum Gasteiger partial charge on any atom is 0.106 e. The van der Waals surface area contributed by atoms with Crippen molar-refractivity contribution in [2.45, 2.75) is 32.0 Å². The summed E-state index contributed by atoms with van der Waals surface area (Å²) < 4.78 is 119. The molecule has 3 heteroatoms. The van der Waals surface area contributed by atoms with Gasteiger partial charge in [0, 0.05) is 27.6 Å². The van der Waals surface area contributed by atoms with Crippen LogP contribution in [0.25, 0.3) is 0 Å². The molecule has 2 heterocycles. The number of piperidine rings is 1. The maximum absolute atomic E-state index is 8.45. The van der Waals surface area contributed by atoms with Crippen LogP contribution in [0.15, 0.2) is 22.9 Å². The van der Waals surface area contributed by atoms with Crippen LogP contribution < -0.4 is 4.90 Å². The molecule has 2 nitrogen and oxygen atoms in total. The highest BCUT2D eigenvalue weighted by Crippen LogP contribution is 2.24. The lowest BCUT2D eigenvalue weighted by molar-refractivity contribution is 0.484. The number of nitrogens with zero attached hydrogens (tertiary/aromatic N) is 2. The molecule has 1 atom stereocenters. The fourth-order valence-electron chi connectivity index (χ4n) is 0.828. The van der Waals surface area contributed by atoms with E-state index < -0.39 is 62.4 Å².